The smallest absolute Gasteiger partial charge is 0.131 e. The van der Waals surface area contributed by atoms with Gasteiger partial charge in [0.05, 0.1) is 11.5 Å². The zero-order valence-corrected chi connectivity index (χ0v) is 17.2. The SMILES string of the molecule is C=CCc1ccc(O)c(-c2cc(CC=C)cc3c2O[C@H]2C[C@@H](O)C=C[C@@]32CC=C)c1. The number of aliphatic hydroxyl groups is 1. The molecule has 3 atom stereocenters. The largest absolute Gasteiger partial charge is 0.507 e. The van der Waals surface area contributed by atoms with E-state index >= 15 is 0 Å². The highest BCUT2D eigenvalue weighted by Gasteiger charge is 2.49. The van der Waals surface area contributed by atoms with Crippen LogP contribution >= 0.6 is 0 Å². The Kier molecular flexibility index (Phi) is 5.40. The summed E-state index contributed by atoms with van der Waals surface area (Å²) in [5, 5.41) is 20.9. The maximum atomic E-state index is 10.7. The second kappa shape index (κ2) is 8.00. The van der Waals surface area contributed by atoms with Crippen LogP contribution in [0.5, 0.6) is 11.5 Å². The molecular formula is C27H28O3. The Morgan fingerprint density at radius 2 is 1.73 bits per heavy atom. The first kappa shape index (κ1) is 20.2. The van der Waals surface area contributed by atoms with Gasteiger partial charge in [0.1, 0.15) is 17.6 Å². The van der Waals surface area contributed by atoms with E-state index in [-0.39, 0.29) is 17.3 Å². The van der Waals surface area contributed by atoms with Crippen molar-refractivity contribution >= 4 is 0 Å². The topological polar surface area (TPSA) is 49.7 Å². The zero-order chi connectivity index (χ0) is 21.3. The Hall–Kier alpha value is -3.04. The van der Waals surface area contributed by atoms with Crippen molar-refractivity contribution in [1.29, 1.82) is 0 Å². The molecule has 2 aliphatic rings. The van der Waals surface area contributed by atoms with Crippen LogP contribution in [0.4, 0.5) is 0 Å². The van der Waals surface area contributed by atoms with Gasteiger partial charge in [-0.25, -0.2) is 0 Å². The number of benzene rings is 2. The summed E-state index contributed by atoms with van der Waals surface area (Å²) < 4.78 is 6.49. The van der Waals surface area contributed by atoms with Crippen LogP contribution in [0.3, 0.4) is 0 Å². The Morgan fingerprint density at radius 1 is 1.00 bits per heavy atom. The lowest BCUT2D eigenvalue weighted by molar-refractivity contribution is 0.0903. The van der Waals surface area contributed by atoms with Crippen molar-refractivity contribution in [2.75, 3.05) is 0 Å². The quantitative estimate of drug-likeness (QED) is 0.611. The number of aromatic hydroxyl groups is 1. The van der Waals surface area contributed by atoms with Crippen LogP contribution in [-0.2, 0) is 18.3 Å². The molecule has 0 bridgehead atoms. The molecule has 0 spiro atoms. The molecule has 0 amide bonds. The van der Waals surface area contributed by atoms with Gasteiger partial charge in [-0.15, -0.1) is 19.7 Å². The molecule has 2 aromatic rings. The summed E-state index contributed by atoms with van der Waals surface area (Å²) in [6.07, 6.45) is 11.6. The molecule has 3 nitrogen and oxygen atoms in total. The van der Waals surface area contributed by atoms with Gasteiger partial charge in [0.2, 0.25) is 0 Å². The Bertz CT molecular complexity index is 1030. The second-order valence-corrected chi connectivity index (χ2v) is 8.16. The number of phenolic OH excluding ortho intramolecular Hbond substituents is 1. The predicted octanol–water partition coefficient (Wildman–Crippen LogP) is 5.41. The number of fused-ring (bicyclic) bond motifs is 3. The third kappa shape index (κ3) is 3.29. The first-order valence-corrected chi connectivity index (χ1v) is 10.4. The molecule has 1 heterocycles. The highest BCUT2D eigenvalue weighted by atomic mass is 16.5. The average molecular weight is 401 g/mol. The van der Waals surface area contributed by atoms with Crippen LogP contribution in [-0.4, -0.2) is 22.4 Å². The molecule has 0 aromatic heterocycles. The van der Waals surface area contributed by atoms with E-state index in [0.717, 1.165) is 40.0 Å². The number of hydrogen-bond donors (Lipinski definition) is 2. The summed E-state index contributed by atoms with van der Waals surface area (Å²) in [5.74, 6) is 0.993. The lowest BCUT2D eigenvalue weighted by Gasteiger charge is -2.35. The summed E-state index contributed by atoms with van der Waals surface area (Å²) >= 11 is 0. The van der Waals surface area contributed by atoms with Gasteiger partial charge < -0.3 is 14.9 Å². The average Bonchev–Trinajstić information content (AvgIpc) is 3.03. The minimum Gasteiger partial charge on any atom is -0.507 e. The van der Waals surface area contributed by atoms with E-state index in [9.17, 15) is 10.2 Å². The van der Waals surface area contributed by atoms with Crippen LogP contribution in [0, 0.1) is 0 Å². The van der Waals surface area contributed by atoms with Crippen LogP contribution in [0.1, 0.15) is 29.5 Å². The zero-order valence-electron chi connectivity index (χ0n) is 17.2. The first-order valence-electron chi connectivity index (χ1n) is 10.4. The molecule has 3 heteroatoms. The van der Waals surface area contributed by atoms with Crippen molar-refractivity contribution < 1.29 is 14.9 Å². The van der Waals surface area contributed by atoms with E-state index in [2.05, 4.69) is 37.9 Å². The minimum atomic E-state index is -0.525. The third-order valence-corrected chi connectivity index (χ3v) is 6.15. The van der Waals surface area contributed by atoms with Crippen molar-refractivity contribution in [3.8, 4) is 22.6 Å². The number of hydrogen-bond acceptors (Lipinski definition) is 3. The molecule has 2 N–H and O–H groups in total. The molecule has 0 saturated heterocycles. The lowest BCUT2D eigenvalue weighted by Crippen LogP contribution is -2.41. The fourth-order valence-corrected chi connectivity index (χ4v) is 4.74. The first-order chi connectivity index (χ1) is 14.5. The van der Waals surface area contributed by atoms with Gasteiger partial charge in [-0.1, -0.05) is 42.5 Å². The van der Waals surface area contributed by atoms with Crippen LogP contribution in [0.2, 0.25) is 0 Å². The number of phenols is 1. The molecule has 0 saturated carbocycles. The highest BCUT2D eigenvalue weighted by Crippen LogP contribution is 2.54. The fourth-order valence-electron chi connectivity index (χ4n) is 4.74. The molecule has 0 unspecified atom stereocenters. The molecular weight excluding hydrogens is 372 g/mol. The van der Waals surface area contributed by atoms with E-state index in [0.29, 0.717) is 19.3 Å². The van der Waals surface area contributed by atoms with Gasteiger partial charge in [0.25, 0.3) is 0 Å². The molecule has 1 aliphatic heterocycles. The van der Waals surface area contributed by atoms with Crippen LogP contribution in [0.15, 0.2) is 80.4 Å². The van der Waals surface area contributed by atoms with Gasteiger partial charge >= 0.3 is 0 Å². The van der Waals surface area contributed by atoms with E-state index in [1.807, 2.05) is 36.4 Å². The Labute approximate surface area is 178 Å². The van der Waals surface area contributed by atoms with E-state index < -0.39 is 6.10 Å². The molecule has 1 aliphatic carbocycles. The number of aliphatic hydroxyl groups excluding tert-OH is 1. The normalized spacial score (nSPS) is 23.9. The summed E-state index contributed by atoms with van der Waals surface area (Å²) in [4.78, 5) is 0. The second-order valence-electron chi connectivity index (χ2n) is 8.16. The van der Waals surface area contributed by atoms with Gasteiger partial charge in [-0.05, 0) is 48.6 Å². The van der Waals surface area contributed by atoms with Crippen molar-refractivity contribution in [1.82, 2.24) is 0 Å². The third-order valence-electron chi connectivity index (χ3n) is 6.15. The maximum absolute atomic E-state index is 10.7. The number of allylic oxidation sites excluding steroid dienone is 3. The van der Waals surface area contributed by atoms with E-state index in [1.165, 1.54) is 0 Å². The van der Waals surface area contributed by atoms with Crippen molar-refractivity contribution in [3.05, 3.63) is 97.1 Å². The Morgan fingerprint density at radius 3 is 2.47 bits per heavy atom. The summed E-state index contributed by atoms with van der Waals surface area (Å²) in [6.45, 7) is 11.7. The van der Waals surface area contributed by atoms with Crippen molar-refractivity contribution in [3.63, 3.8) is 0 Å². The maximum Gasteiger partial charge on any atom is 0.131 e. The van der Waals surface area contributed by atoms with Gasteiger partial charge in [0.15, 0.2) is 0 Å². The lowest BCUT2D eigenvalue weighted by atomic mass is 9.69. The van der Waals surface area contributed by atoms with Crippen molar-refractivity contribution in [2.45, 2.75) is 43.3 Å². The monoisotopic (exact) mass is 400 g/mol. The van der Waals surface area contributed by atoms with Crippen molar-refractivity contribution in [2.24, 2.45) is 0 Å². The summed E-state index contributed by atoms with van der Waals surface area (Å²) in [7, 11) is 0. The van der Waals surface area contributed by atoms with Crippen LogP contribution < -0.4 is 4.74 Å². The van der Waals surface area contributed by atoms with Gasteiger partial charge in [0, 0.05) is 23.1 Å². The molecule has 2 aromatic carbocycles. The molecule has 0 fully saturated rings. The number of rotatable bonds is 7. The standard InChI is InChI=1S/C27H28O3/c1-4-7-18-9-10-24(29)21(14-18)22-15-19(8-5-2)16-23-26(22)30-25-17-20(28)11-13-27(23,25)12-6-3/h4-6,9-11,13-16,20,25,28-29H,1-3,7-8,12,17H2/t20-,25-,27-/m0/s1. The summed E-state index contributed by atoms with van der Waals surface area (Å²) in [5.41, 5.74) is 4.52. The van der Waals surface area contributed by atoms with Gasteiger partial charge in [-0.2, -0.15) is 0 Å². The highest BCUT2D eigenvalue weighted by molar-refractivity contribution is 5.80. The molecule has 154 valence electrons. The van der Waals surface area contributed by atoms with E-state index in [1.54, 1.807) is 6.07 Å². The molecule has 30 heavy (non-hydrogen) atoms. The fraction of sp³-hybridized carbons (Fsp3) is 0.259. The number of ether oxygens (including phenoxy) is 1. The summed E-state index contributed by atoms with van der Waals surface area (Å²) in [6, 6.07) is 9.89. The van der Waals surface area contributed by atoms with Gasteiger partial charge in [-0.3, -0.25) is 0 Å². The van der Waals surface area contributed by atoms with Crippen LogP contribution in [0.25, 0.3) is 11.1 Å². The molecule has 0 radical (unpaired) electrons. The minimum absolute atomic E-state index is 0.179. The predicted molar refractivity (Wildman–Crippen MR) is 122 cm³/mol. The Balaban J connectivity index is 1.96. The van der Waals surface area contributed by atoms with E-state index in [4.69, 9.17) is 4.74 Å². The molecule has 4 rings (SSSR count).